The maximum absolute atomic E-state index is 13.7. The summed E-state index contributed by atoms with van der Waals surface area (Å²) in [5, 5.41) is 9.10. The largest absolute Gasteiger partial charge is 0.324 e. The lowest BCUT2D eigenvalue weighted by Crippen LogP contribution is -2.46. The molecule has 1 N–H and O–H groups in total. The number of fused-ring (bicyclic) bond motifs is 5. The zero-order valence-corrected chi connectivity index (χ0v) is 17.5. The summed E-state index contributed by atoms with van der Waals surface area (Å²) >= 11 is 0. The minimum absolute atomic E-state index is 0.298. The first-order valence-electron chi connectivity index (χ1n) is 10.8. The zero-order valence-electron chi connectivity index (χ0n) is 17.5. The topological polar surface area (TPSA) is 82.1 Å². The second-order valence-electron chi connectivity index (χ2n) is 8.40. The molecule has 0 bridgehead atoms. The van der Waals surface area contributed by atoms with Crippen LogP contribution in [0.4, 0.5) is 11.4 Å². The fourth-order valence-corrected chi connectivity index (χ4v) is 5.24. The van der Waals surface area contributed by atoms with Gasteiger partial charge in [-0.3, -0.25) is 19.4 Å². The van der Waals surface area contributed by atoms with E-state index in [1.165, 1.54) is 4.90 Å². The van der Waals surface area contributed by atoms with E-state index in [-0.39, 0.29) is 17.7 Å². The number of para-hydroxylation sites is 2. The molecule has 7 heteroatoms. The SMILES string of the molecule is O=C(Nc1ccccc1)[C@@H]1[C@@H]2C(=O)N(c3ccccc3)C(=O)[C@@H]2[C@H]2c3ccccc3C=NN12. The van der Waals surface area contributed by atoms with E-state index in [1.54, 1.807) is 47.6 Å². The molecule has 3 aromatic carbocycles. The van der Waals surface area contributed by atoms with Gasteiger partial charge in [0, 0.05) is 5.69 Å². The van der Waals surface area contributed by atoms with Crippen LogP contribution >= 0.6 is 0 Å². The first kappa shape index (κ1) is 19.4. The van der Waals surface area contributed by atoms with E-state index in [2.05, 4.69) is 10.4 Å². The van der Waals surface area contributed by atoms with Gasteiger partial charge < -0.3 is 5.32 Å². The zero-order chi connectivity index (χ0) is 22.5. The van der Waals surface area contributed by atoms with Gasteiger partial charge in [-0.05, 0) is 35.4 Å². The molecule has 33 heavy (non-hydrogen) atoms. The summed E-state index contributed by atoms with van der Waals surface area (Å²) in [6.07, 6.45) is 1.69. The van der Waals surface area contributed by atoms with Crippen LogP contribution in [0.25, 0.3) is 0 Å². The van der Waals surface area contributed by atoms with E-state index in [0.29, 0.717) is 11.4 Å². The molecule has 2 saturated heterocycles. The van der Waals surface area contributed by atoms with Crippen molar-refractivity contribution in [2.75, 3.05) is 10.2 Å². The van der Waals surface area contributed by atoms with Gasteiger partial charge in [0.2, 0.25) is 17.7 Å². The number of hydrogen-bond acceptors (Lipinski definition) is 5. The van der Waals surface area contributed by atoms with Crippen molar-refractivity contribution in [2.45, 2.75) is 12.1 Å². The minimum atomic E-state index is -0.907. The highest BCUT2D eigenvalue weighted by molar-refractivity contribution is 6.24. The molecule has 0 unspecified atom stereocenters. The Bertz CT molecular complexity index is 1290. The molecule has 3 aromatic rings. The summed E-state index contributed by atoms with van der Waals surface area (Å²) in [4.78, 5) is 42.1. The van der Waals surface area contributed by atoms with Crippen LogP contribution in [-0.2, 0) is 14.4 Å². The number of hydrazone groups is 1. The van der Waals surface area contributed by atoms with E-state index >= 15 is 0 Å². The lowest BCUT2D eigenvalue weighted by molar-refractivity contribution is -0.129. The number of carbonyl (C=O) groups excluding carboxylic acids is 3. The van der Waals surface area contributed by atoms with Gasteiger partial charge in [0.1, 0.15) is 6.04 Å². The van der Waals surface area contributed by atoms with Crippen LogP contribution in [0.15, 0.2) is 90.0 Å². The number of imide groups is 1. The first-order chi connectivity index (χ1) is 16.1. The molecule has 3 amide bonds. The Hall–Kier alpha value is -4.26. The third-order valence-corrected chi connectivity index (χ3v) is 6.62. The molecule has 7 nitrogen and oxygen atoms in total. The molecule has 0 saturated carbocycles. The first-order valence-corrected chi connectivity index (χ1v) is 10.8. The van der Waals surface area contributed by atoms with Crippen molar-refractivity contribution in [2.24, 2.45) is 16.9 Å². The van der Waals surface area contributed by atoms with Gasteiger partial charge in [0.05, 0.1) is 29.8 Å². The van der Waals surface area contributed by atoms with Crippen LogP contribution < -0.4 is 10.2 Å². The third kappa shape index (κ3) is 2.89. The van der Waals surface area contributed by atoms with E-state index in [9.17, 15) is 14.4 Å². The predicted molar refractivity (Wildman–Crippen MR) is 123 cm³/mol. The number of benzene rings is 3. The number of hydrogen-bond donors (Lipinski definition) is 1. The van der Waals surface area contributed by atoms with E-state index in [0.717, 1.165) is 11.1 Å². The van der Waals surface area contributed by atoms with Crippen molar-refractivity contribution >= 4 is 35.3 Å². The summed E-state index contributed by atoms with van der Waals surface area (Å²) in [6.45, 7) is 0. The van der Waals surface area contributed by atoms with Crippen LogP contribution in [-0.4, -0.2) is 35.0 Å². The molecule has 162 valence electrons. The average Bonchev–Trinajstić information content (AvgIpc) is 3.33. The van der Waals surface area contributed by atoms with Gasteiger partial charge in [-0.1, -0.05) is 60.7 Å². The molecule has 0 spiro atoms. The highest BCUT2D eigenvalue weighted by Gasteiger charge is 2.65. The Morgan fingerprint density at radius 2 is 1.42 bits per heavy atom. The minimum Gasteiger partial charge on any atom is -0.324 e. The van der Waals surface area contributed by atoms with E-state index < -0.39 is 23.9 Å². The molecular weight excluding hydrogens is 416 g/mol. The highest BCUT2D eigenvalue weighted by Crippen LogP contribution is 2.52. The van der Waals surface area contributed by atoms with Crippen LogP contribution in [0.3, 0.4) is 0 Å². The maximum Gasteiger partial charge on any atom is 0.249 e. The molecule has 0 aromatic heterocycles. The van der Waals surface area contributed by atoms with E-state index in [1.807, 2.05) is 48.5 Å². The van der Waals surface area contributed by atoms with Gasteiger partial charge >= 0.3 is 0 Å². The Morgan fingerprint density at radius 1 is 0.788 bits per heavy atom. The fourth-order valence-electron chi connectivity index (χ4n) is 5.24. The van der Waals surface area contributed by atoms with Crippen molar-refractivity contribution in [3.8, 4) is 0 Å². The summed E-state index contributed by atoms with van der Waals surface area (Å²) in [5.74, 6) is -2.57. The number of carbonyl (C=O) groups is 3. The van der Waals surface area contributed by atoms with E-state index in [4.69, 9.17) is 0 Å². The predicted octanol–water partition coefficient (Wildman–Crippen LogP) is 3.20. The third-order valence-electron chi connectivity index (χ3n) is 6.62. The quantitative estimate of drug-likeness (QED) is 0.640. The normalized spacial score (nSPS) is 25.0. The average molecular weight is 436 g/mol. The molecule has 3 aliphatic heterocycles. The monoisotopic (exact) mass is 436 g/mol. The number of anilines is 2. The van der Waals surface area contributed by atoms with Gasteiger partial charge in [0.25, 0.3) is 0 Å². The van der Waals surface area contributed by atoms with Gasteiger partial charge in [-0.25, -0.2) is 4.90 Å². The summed E-state index contributed by atoms with van der Waals surface area (Å²) in [5.41, 5.74) is 2.93. The Labute approximate surface area is 190 Å². The molecule has 2 fully saturated rings. The van der Waals surface area contributed by atoms with Crippen molar-refractivity contribution in [3.05, 3.63) is 96.1 Å². The highest BCUT2D eigenvalue weighted by atomic mass is 16.2. The molecule has 3 aliphatic rings. The number of rotatable bonds is 3. The maximum atomic E-state index is 13.7. The molecule has 0 aliphatic carbocycles. The lowest BCUT2D eigenvalue weighted by atomic mass is 9.85. The van der Waals surface area contributed by atoms with Crippen LogP contribution in [0.2, 0.25) is 0 Å². The van der Waals surface area contributed by atoms with Crippen LogP contribution in [0.1, 0.15) is 17.2 Å². The Morgan fingerprint density at radius 3 is 2.18 bits per heavy atom. The number of nitrogens with zero attached hydrogens (tertiary/aromatic N) is 3. The number of nitrogens with one attached hydrogen (secondary N) is 1. The summed E-state index contributed by atoms with van der Waals surface area (Å²) in [7, 11) is 0. The summed E-state index contributed by atoms with van der Waals surface area (Å²) in [6, 6.07) is 24.2. The molecule has 4 atom stereocenters. The van der Waals surface area contributed by atoms with Gasteiger partial charge in [0.15, 0.2) is 0 Å². The van der Waals surface area contributed by atoms with Crippen LogP contribution in [0, 0.1) is 11.8 Å². The van der Waals surface area contributed by atoms with Crippen molar-refractivity contribution < 1.29 is 14.4 Å². The standard InChI is InChI=1S/C26H20N4O3/c31-24(28-17-10-3-1-4-11-17)23-21-20(22-19-14-8-7-9-16(19)15-27-30(22)23)25(32)29(26(21)33)18-12-5-2-6-13-18/h1-15,20-23H,(H,28,31)/t20-,21+,22+,23-/m0/s1. The molecule has 0 radical (unpaired) electrons. The number of amides is 3. The fraction of sp³-hybridized carbons (Fsp3) is 0.154. The Kier molecular flexibility index (Phi) is 4.36. The van der Waals surface area contributed by atoms with Crippen LogP contribution in [0.5, 0.6) is 0 Å². The van der Waals surface area contributed by atoms with Crippen molar-refractivity contribution in [1.82, 2.24) is 5.01 Å². The smallest absolute Gasteiger partial charge is 0.249 e. The molecule has 6 rings (SSSR count). The van der Waals surface area contributed by atoms with Crippen molar-refractivity contribution in [3.63, 3.8) is 0 Å². The second-order valence-corrected chi connectivity index (χ2v) is 8.40. The van der Waals surface area contributed by atoms with Gasteiger partial charge in [-0.15, -0.1) is 0 Å². The summed E-state index contributed by atoms with van der Waals surface area (Å²) < 4.78 is 0. The second kappa shape index (κ2) is 7.41. The van der Waals surface area contributed by atoms with Gasteiger partial charge in [-0.2, -0.15) is 5.10 Å². The lowest BCUT2D eigenvalue weighted by Gasteiger charge is -2.33. The molecular formula is C26H20N4O3. The Balaban J connectivity index is 1.45. The van der Waals surface area contributed by atoms with Crippen molar-refractivity contribution in [1.29, 1.82) is 0 Å². The molecule has 3 heterocycles.